The molecule has 4 rings (SSSR count). The summed E-state index contributed by atoms with van der Waals surface area (Å²) in [5.74, 6) is 0.139. The number of hydrogen-bond donors (Lipinski definition) is 1. The van der Waals surface area contributed by atoms with E-state index in [2.05, 4.69) is 10.3 Å². The molecule has 1 amide bonds. The van der Waals surface area contributed by atoms with Gasteiger partial charge in [-0.15, -0.1) is 0 Å². The predicted octanol–water partition coefficient (Wildman–Crippen LogP) is 3.41. The average Bonchev–Trinajstić information content (AvgIpc) is 3.30. The van der Waals surface area contributed by atoms with Crippen molar-refractivity contribution in [2.75, 3.05) is 0 Å². The zero-order valence-electron chi connectivity index (χ0n) is 13.9. The molecule has 1 aromatic carbocycles. The lowest BCUT2D eigenvalue weighted by molar-refractivity contribution is 0.0943. The second-order valence-electron chi connectivity index (χ2n) is 6.36. The SMILES string of the molecule is O=C(NCc1ccco1)c1cn2c(n1)CCC(c1cc(F)ccc1F)C2. The summed E-state index contributed by atoms with van der Waals surface area (Å²) in [6, 6.07) is 7.05. The Morgan fingerprint density at radius 2 is 2.23 bits per heavy atom. The summed E-state index contributed by atoms with van der Waals surface area (Å²) in [4.78, 5) is 16.6. The first-order chi connectivity index (χ1) is 12.6. The van der Waals surface area contributed by atoms with Gasteiger partial charge in [0.05, 0.1) is 12.8 Å². The van der Waals surface area contributed by atoms with Gasteiger partial charge in [0.1, 0.15) is 28.9 Å². The number of benzene rings is 1. The third-order valence-electron chi connectivity index (χ3n) is 4.63. The number of halogens is 2. The first-order valence-electron chi connectivity index (χ1n) is 8.42. The summed E-state index contributed by atoms with van der Waals surface area (Å²) in [5.41, 5.74) is 0.681. The summed E-state index contributed by atoms with van der Waals surface area (Å²) >= 11 is 0. The van der Waals surface area contributed by atoms with Crippen LogP contribution < -0.4 is 5.32 Å². The van der Waals surface area contributed by atoms with Crippen LogP contribution >= 0.6 is 0 Å². The van der Waals surface area contributed by atoms with E-state index >= 15 is 0 Å². The fourth-order valence-electron chi connectivity index (χ4n) is 3.31. The van der Waals surface area contributed by atoms with Crippen molar-refractivity contribution in [3.05, 3.63) is 77.3 Å². The molecule has 1 unspecified atom stereocenters. The maximum absolute atomic E-state index is 14.0. The Morgan fingerprint density at radius 1 is 1.35 bits per heavy atom. The smallest absolute Gasteiger partial charge is 0.271 e. The minimum absolute atomic E-state index is 0.147. The lowest BCUT2D eigenvalue weighted by Crippen LogP contribution is -2.22. The molecule has 3 aromatic rings. The molecule has 0 aliphatic carbocycles. The lowest BCUT2D eigenvalue weighted by Gasteiger charge is -2.24. The molecule has 2 aromatic heterocycles. The minimum Gasteiger partial charge on any atom is -0.467 e. The molecule has 1 aliphatic heterocycles. The zero-order chi connectivity index (χ0) is 18.1. The molecule has 1 N–H and O–H groups in total. The molecule has 0 spiro atoms. The summed E-state index contributed by atoms with van der Waals surface area (Å²) in [6.45, 7) is 0.749. The van der Waals surface area contributed by atoms with Crippen molar-refractivity contribution in [1.29, 1.82) is 0 Å². The van der Waals surface area contributed by atoms with Gasteiger partial charge in [0.15, 0.2) is 0 Å². The Hall–Kier alpha value is -2.96. The molecule has 7 heteroatoms. The third-order valence-corrected chi connectivity index (χ3v) is 4.63. The quantitative estimate of drug-likeness (QED) is 0.778. The van der Waals surface area contributed by atoms with Crippen LogP contribution in [0.4, 0.5) is 8.78 Å². The minimum atomic E-state index is -0.448. The maximum Gasteiger partial charge on any atom is 0.271 e. The van der Waals surface area contributed by atoms with Crippen molar-refractivity contribution in [3.8, 4) is 0 Å². The zero-order valence-corrected chi connectivity index (χ0v) is 13.9. The highest BCUT2D eigenvalue weighted by molar-refractivity contribution is 5.92. The Balaban J connectivity index is 1.48. The largest absolute Gasteiger partial charge is 0.467 e. The molecule has 3 heterocycles. The first-order valence-corrected chi connectivity index (χ1v) is 8.42. The molecule has 1 aliphatic rings. The fourth-order valence-corrected chi connectivity index (χ4v) is 3.31. The van der Waals surface area contributed by atoms with Crippen molar-refractivity contribution in [2.24, 2.45) is 0 Å². The van der Waals surface area contributed by atoms with E-state index in [-0.39, 0.29) is 18.4 Å². The third kappa shape index (κ3) is 3.24. The van der Waals surface area contributed by atoms with E-state index in [0.717, 1.165) is 18.0 Å². The fraction of sp³-hybridized carbons (Fsp3) is 0.263. The molecule has 0 saturated carbocycles. The number of carbonyl (C=O) groups excluding carboxylic acids is 1. The van der Waals surface area contributed by atoms with Crippen molar-refractivity contribution in [1.82, 2.24) is 14.9 Å². The van der Waals surface area contributed by atoms with Crippen molar-refractivity contribution in [3.63, 3.8) is 0 Å². The number of aromatic nitrogens is 2. The normalized spacial score (nSPS) is 16.3. The number of rotatable bonds is 4. The van der Waals surface area contributed by atoms with Crippen LogP contribution in [0.3, 0.4) is 0 Å². The molecule has 0 radical (unpaired) electrons. The number of furan rings is 1. The van der Waals surface area contributed by atoms with Gasteiger partial charge in [-0.2, -0.15) is 0 Å². The highest BCUT2D eigenvalue weighted by Crippen LogP contribution is 2.30. The number of nitrogens with one attached hydrogen (secondary N) is 1. The van der Waals surface area contributed by atoms with Gasteiger partial charge >= 0.3 is 0 Å². The summed E-state index contributed by atoms with van der Waals surface area (Å²) in [7, 11) is 0. The number of fused-ring (bicyclic) bond motifs is 1. The molecule has 26 heavy (non-hydrogen) atoms. The van der Waals surface area contributed by atoms with Crippen molar-refractivity contribution >= 4 is 5.91 Å². The maximum atomic E-state index is 14.0. The molecular weight excluding hydrogens is 340 g/mol. The summed E-state index contributed by atoms with van der Waals surface area (Å²) < 4.78 is 34.5. The number of aryl methyl sites for hydroxylation is 1. The number of imidazole rings is 1. The Labute approximate surface area is 148 Å². The van der Waals surface area contributed by atoms with Crippen LogP contribution in [0.1, 0.15) is 40.0 Å². The molecule has 0 bridgehead atoms. The standard InChI is InChI=1S/C19H17F2N3O2/c20-13-4-5-16(21)15(8-13)12-3-6-18-23-17(11-24(18)10-12)19(25)22-9-14-2-1-7-26-14/h1-2,4-5,7-8,11-12H,3,6,9-10H2,(H,22,25). The molecule has 5 nitrogen and oxygen atoms in total. The van der Waals surface area contributed by atoms with Crippen molar-refractivity contribution in [2.45, 2.75) is 31.8 Å². The van der Waals surface area contributed by atoms with Crippen LogP contribution in [0.2, 0.25) is 0 Å². The van der Waals surface area contributed by atoms with E-state index in [1.807, 2.05) is 4.57 Å². The van der Waals surface area contributed by atoms with Gasteiger partial charge in [0.2, 0.25) is 0 Å². The van der Waals surface area contributed by atoms with E-state index in [1.54, 1.807) is 24.6 Å². The molecule has 0 saturated heterocycles. The van der Waals surface area contributed by atoms with Crippen LogP contribution in [0.5, 0.6) is 0 Å². The summed E-state index contributed by atoms with van der Waals surface area (Å²) in [5, 5.41) is 2.75. The van der Waals surface area contributed by atoms with Crippen molar-refractivity contribution < 1.29 is 18.0 Å². The molecule has 0 fully saturated rings. The molecule has 1 atom stereocenters. The topological polar surface area (TPSA) is 60.1 Å². The van der Waals surface area contributed by atoms with Crippen LogP contribution in [-0.4, -0.2) is 15.5 Å². The van der Waals surface area contributed by atoms with Gasteiger partial charge in [-0.05, 0) is 42.3 Å². The monoisotopic (exact) mass is 357 g/mol. The molecule has 134 valence electrons. The van der Waals surface area contributed by atoms with Crippen LogP contribution in [0.25, 0.3) is 0 Å². The second-order valence-corrected chi connectivity index (χ2v) is 6.36. The predicted molar refractivity (Wildman–Crippen MR) is 89.5 cm³/mol. The average molecular weight is 357 g/mol. The molecular formula is C19H17F2N3O2. The lowest BCUT2D eigenvalue weighted by atomic mass is 9.91. The number of hydrogen-bond acceptors (Lipinski definition) is 3. The van der Waals surface area contributed by atoms with E-state index in [0.29, 0.717) is 36.4 Å². The van der Waals surface area contributed by atoms with Gasteiger partial charge in [-0.3, -0.25) is 4.79 Å². The number of nitrogens with zero attached hydrogens (tertiary/aromatic N) is 2. The van der Waals surface area contributed by atoms with Gasteiger partial charge in [-0.1, -0.05) is 0 Å². The van der Waals surface area contributed by atoms with E-state index in [1.165, 1.54) is 6.07 Å². The Morgan fingerprint density at radius 3 is 3.04 bits per heavy atom. The Bertz CT molecular complexity index is 934. The number of carbonyl (C=O) groups is 1. The van der Waals surface area contributed by atoms with Crippen LogP contribution in [0, 0.1) is 11.6 Å². The first kappa shape index (κ1) is 16.5. The highest BCUT2D eigenvalue weighted by Gasteiger charge is 2.25. The van der Waals surface area contributed by atoms with E-state index in [4.69, 9.17) is 4.42 Å². The highest BCUT2D eigenvalue weighted by atomic mass is 19.1. The van der Waals surface area contributed by atoms with E-state index in [9.17, 15) is 13.6 Å². The van der Waals surface area contributed by atoms with Crippen LogP contribution in [-0.2, 0) is 19.5 Å². The van der Waals surface area contributed by atoms with Gasteiger partial charge < -0.3 is 14.3 Å². The van der Waals surface area contributed by atoms with Gasteiger partial charge in [0.25, 0.3) is 5.91 Å². The van der Waals surface area contributed by atoms with Gasteiger partial charge in [0, 0.05) is 25.1 Å². The summed E-state index contributed by atoms with van der Waals surface area (Å²) in [6.07, 6.45) is 4.47. The number of amides is 1. The Kier molecular flexibility index (Phi) is 4.28. The van der Waals surface area contributed by atoms with E-state index < -0.39 is 11.6 Å². The van der Waals surface area contributed by atoms with Gasteiger partial charge in [-0.25, -0.2) is 13.8 Å². The second kappa shape index (κ2) is 6.74. The van der Waals surface area contributed by atoms with Crippen LogP contribution in [0.15, 0.2) is 47.2 Å².